The molecule has 0 spiro atoms. The molecule has 14 heavy (non-hydrogen) atoms. The number of hydrogen-bond acceptors (Lipinski definition) is 4. The lowest BCUT2D eigenvalue weighted by Crippen LogP contribution is -2.27. The van der Waals surface area contributed by atoms with E-state index in [1.165, 1.54) is 6.42 Å². The Kier molecular flexibility index (Phi) is 2.93. The highest BCUT2D eigenvalue weighted by Gasteiger charge is 2.16. The number of aromatic nitrogens is 2. The zero-order valence-corrected chi connectivity index (χ0v) is 8.48. The maximum atomic E-state index is 4.26. The molecule has 1 aliphatic heterocycles. The number of nitrogens with zero attached hydrogens (tertiary/aromatic N) is 3. The van der Waals surface area contributed by atoms with Crippen molar-refractivity contribution in [1.82, 2.24) is 15.3 Å². The lowest BCUT2D eigenvalue weighted by atomic mass is 10.1. The van der Waals surface area contributed by atoms with Gasteiger partial charge in [0.05, 0.1) is 6.20 Å². The van der Waals surface area contributed by atoms with Gasteiger partial charge < -0.3 is 10.2 Å². The smallest absolute Gasteiger partial charge is 0.146 e. The molecule has 0 aromatic carbocycles. The minimum atomic E-state index is 0.752. The van der Waals surface area contributed by atoms with Crippen LogP contribution in [0.1, 0.15) is 6.42 Å². The van der Waals surface area contributed by atoms with Crippen molar-refractivity contribution >= 4 is 5.82 Å². The normalized spacial score (nSPS) is 21.1. The molecule has 2 heterocycles. The summed E-state index contributed by atoms with van der Waals surface area (Å²) in [5.74, 6) is 1.71. The van der Waals surface area contributed by atoms with Gasteiger partial charge >= 0.3 is 0 Å². The van der Waals surface area contributed by atoms with Crippen molar-refractivity contribution in [3.63, 3.8) is 0 Å². The van der Waals surface area contributed by atoms with E-state index < -0.39 is 0 Å². The van der Waals surface area contributed by atoms with E-state index in [1.54, 1.807) is 12.4 Å². The van der Waals surface area contributed by atoms with E-state index in [0.717, 1.165) is 31.4 Å². The van der Waals surface area contributed by atoms with Gasteiger partial charge in [-0.2, -0.15) is 0 Å². The SMILES string of the molecule is CN(C[C@@H]1CCNC1)c1cnccn1. The first-order valence-corrected chi connectivity index (χ1v) is 5.04. The van der Waals surface area contributed by atoms with Crippen LogP contribution in [-0.2, 0) is 0 Å². The molecule has 1 aromatic heterocycles. The first kappa shape index (κ1) is 9.40. The van der Waals surface area contributed by atoms with Crippen molar-refractivity contribution in [3.8, 4) is 0 Å². The molecule has 1 aromatic rings. The van der Waals surface area contributed by atoms with Crippen molar-refractivity contribution in [1.29, 1.82) is 0 Å². The molecule has 0 unspecified atom stereocenters. The van der Waals surface area contributed by atoms with Crippen molar-refractivity contribution in [2.24, 2.45) is 5.92 Å². The maximum Gasteiger partial charge on any atom is 0.146 e. The van der Waals surface area contributed by atoms with Gasteiger partial charge in [0.2, 0.25) is 0 Å². The van der Waals surface area contributed by atoms with Crippen molar-refractivity contribution in [2.45, 2.75) is 6.42 Å². The lowest BCUT2D eigenvalue weighted by molar-refractivity contribution is 0.575. The van der Waals surface area contributed by atoms with E-state index in [-0.39, 0.29) is 0 Å². The van der Waals surface area contributed by atoms with Gasteiger partial charge in [0.25, 0.3) is 0 Å². The third-order valence-corrected chi connectivity index (χ3v) is 2.64. The summed E-state index contributed by atoms with van der Waals surface area (Å²) in [5, 5.41) is 3.37. The summed E-state index contributed by atoms with van der Waals surface area (Å²) < 4.78 is 0. The summed E-state index contributed by atoms with van der Waals surface area (Å²) >= 11 is 0. The number of nitrogens with one attached hydrogen (secondary N) is 1. The van der Waals surface area contributed by atoms with Crippen LogP contribution in [0.5, 0.6) is 0 Å². The second-order valence-corrected chi connectivity index (χ2v) is 3.80. The molecule has 1 aliphatic rings. The minimum absolute atomic E-state index is 0.752. The van der Waals surface area contributed by atoms with Crippen LogP contribution in [0.2, 0.25) is 0 Å². The largest absolute Gasteiger partial charge is 0.358 e. The van der Waals surface area contributed by atoms with Gasteiger partial charge in [0, 0.05) is 26.0 Å². The second-order valence-electron chi connectivity index (χ2n) is 3.80. The van der Waals surface area contributed by atoms with Crippen LogP contribution in [0.3, 0.4) is 0 Å². The van der Waals surface area contributed by atoms with Crippen LogP contribution in [0.25, 0.3) is 0 Å². The summed E-state index contributed by atoms with van der Waals surface area (Å²) in [6.45, 7) is 3.34. The van der Waals surface area contributed by atoms with Crippen molar-refractivity contribution < 1.29 is 0 Å². The number of rotatable bonds is 3. The molecule has 0 amide bonds. The second kappa shape index (κ2) is 4.37. The summed E-state index contributed by atoms with van der Waals surface area (Å²) in [5.41, 5.74) is 0. The highest BCUT2D eigenvalue weighted by molar-refractivity contribution is 5.33. The van der Waals surface area contributed by atoms with E-state index in [1.807, 2.05) is 6.20 Å². The molecule has 1 saturated heterocycles. The Labute approximate surface area is 84.4 Å². The lowest BCUT2D eigenvalue weighted by Gasteiger charge is -2.20. The van der Waals surface area contributed by atoms with Crippen LogP contribution in [-0.4, -0.2) is 36.6 Å². The molecule has 0 saturated carbocycles. The van der Waals surface area contributed by atoms with E-state index in [9.17, 15) is 0 Å². The predicted molar refractivity (Wildman–Crippen MR) is 56.3 cm³/mol. The van der Waals surface area contributed by atoms with E-state index >= 15 is 0 Å². The average Bonchev–Trinajstić information content (AvgIpc) is 2.72. The molecule has 1 fully saturated rings. The fourth-order valence-corrected chi connectivity index (χ4v) is 1.84. The maximum absolute atomic E-state index is 4.26. The van der Waals surface area contributed by atoms with E-state index in [4.69, 9.17) is 0 Å². The van der Waals surface area contributed by atoms with Crippen LogP contribution in [0.4, 0.5) is 5.82 Å². The first-order chi connectivity index (χ1) is 6.86. The molecular formula is C10H16N4. The van der Waals surface area contributed by atoms with Crippen molar-refractivity contribution in [2.75, 3.05) is 31.6 Å². The molecule has 2 rings (SSSR count). The predicted octanol–water partition coefficient (Wildman–Crippen LogP) is 0.522. The zero-order valence-electron chi connectivity index (χ0n) is 8.48. The van der Waals surface area contributed by atoms with Gasteiger partial charge in [0.1, 0.15) is 5.82 Å². The van der Waals surface area contributed by atoms with Crippen LogP contribution in [0, 0.1) is 5.92 Å². The zero-order chi connectivity index (χ0) is 9.80. The number of anilines is 1. The molecule has 0 aliphatic carbocycles. The molecule has 4 heteroatoms. The Balaban J connectivity index is 1.92. The van der Waals surface area contributed by atoms with E-state index in [2.05, 4.69) is 27.2 Å². The summed E-state index contributed by atoms with van der Waals surface area (Å²) in [7, 11) is 2.07. The molecule has 1 N–H and O–H groups in total. The number of hydrogen-bond donors (Lipinski definition) is 1. The highest BCUT2D eigenvalue weighted by Crippen LogP contribution is 2.12. The Hall–Kier alpha value is -1.16. The Bertz CT molecular complexity index is 269. The van der Waals surface area contributed by atoms with Gasteiger partial charge in [-0.15, -0.1) is 0 Å². The summed E-state index contributed by atoms with van der Waals surface area (Å²) in [6.07, 6.45) is 6.51. The standard InChI is InChI=1S/C10H16N4/c1-14(8-9-2-3-11-6-9)10-7-12-4-5-13-10/h4-5,7,9,11H,2-3,6,8H2,1H3/t9-/m1/s1. The van der Waals surface area contributed by atoms with Crippen molar-refractivity contribution in [3.05, 3.63) is 18.6 Å². The molecule has 76 valence electrons. The van der Waals surface area contributed by atoms with Gasteiger partial charge in [-0.3, -0.25) is 4.98 Å². The van der Waals surface area contributed by atoms with Crippen LogP contribution >= 0.6 is 0 Å². The van der Waals surface area contributed by atoms with Gasteiger partial charge in [-0.25, -0.2) is 4.98 Å². The fraction of sp³-hybridized carbons (Fsp3) is 0.600. The van der Waals surface area contributed by atoms with Crippen LogP contribution in [0.15, 0.2) is 18.6 Å². The fourth-order valence-electron chi connectivity index (χ4n) is 1.84. The third kappa shape index (κ3) is 2.20. The highest BCUT2D eigenvalue weighted by atomic mass is 15.2. The topological polar surface area (TPSA) is 41.0 Å². The summed E-state index contributed by atoms with van der Waals surface area (Å²) in [6, 6.07) is 0. The quantitative estimate of drug-likeness (QED) is 0.758. The van der Waals surface area contributed by atoms with Gasteiger partial charge in [-0.1, -0.05) is 0 Å². The molecule has 4 nitrogen and oxygen atoms in total. The Morgan fingerprint density at radius 3 is 3.14 bits per heavy atom. The molecular weight excluding hydrogens is 176 g/mol. The molecule has 0 bridgehead atoms. The molecule has 1 atom stereocenters. The van der Waals surface area contributed by atoms with E-state index in [0.29, 0.717) is 0 Å². The first-order valence-electron chi connectivity index (χ1n) is 5.04. The third-order valence-electron chi connectivity index (χ3n) is 2.64. The minimum Gasteiger partial charge on any atom is -0.358 e. The Morgan fingerprint density at radius 1 is 1.57 bits per heavy atom. The van der Waals surface area contributed by atoms with Gasteiger partial charge in [0.15, 0.2) is 0 Å². The van der Waals surface area contributed by atoms with Crippen LogP contribution < -0.4 is 10.2 Å². The average molecular weight is 192 g/mol. The Morgan fingerprint density at radius 2 is 2.50 bits per heavy atom. The monoisotopic (exact) mass is 192 g/mol. The molecule has 0 radical (unpaired) electrons. The summed E-state index contributed by atoms with van der Waals surface area (Å²) in [4.78, 5) is 10.5. The van der Waals surface area contributed by atoms with Gasteiger partial charge in [-0.05, 0) is 25.4 Å².